The van der Waals surface area contributed by atoms with Gasteiger partial charge in [-0.3, -0.25) is 0 Å². The van der Waals surface area contributed by atoms with Gasteiger partial charge in [0, 0.05) is 17.7 Å². The van der Waals surface area contributed by atoms with Crippen molar-refractivity contribution in [3.8, 4) is 5.75 Å². The van der Waals surface area contributed by atoms with Crippen LogP contribution in [0.25, 0.3) is 6.08 Å². The molecule has 1 aromatic rings. The molecule has 0 amide bonds. The predicted molar refractivity (Wildman–Crippen MR) is 58.9 cm³/mol. The number of aliphatic carboxylic acids is 1. The SMILES string of the molecule is CCCOc1cc(F)ccc1/C=C/C(=O)O. The molecule has 1 N–H and O–H groups in total. The highest BCUT2D eigenvalue weighted by Gasteiger charge is 2.03. The summed E-state index contributed by atoms with van der Waals surface area (Å²) in [6.07, 6.45) is 3.18. The van der Waals surface area contributed by atoms with Crippen LogP contribution < -0.4 is 4.74 Å². The van der Waals surface area contributed by atoms with Gasteiger partial charge in [-0.15, -0.1) is 0 Å². The Balaban J connectivity index is 2.92. The molecule has 0 saturated heterocycles. The van der Waals surface area contributed by atoms with Crippen molar-refractivity contribution in [1.82, 2.24) is 0 Å². The average molecular weight is 224 g/mol. The number of carboxylic acid groups (broad SMARTS) is 1. The van der Waals surface area contributed by atoms with Gasteiger partial charge in [-0.2, -0.15) is 0 Å². The molecule has 0 aliphatic heterocycles. The van der Waals surface area contributed by atoms with E-state index in [2.05, 4.69) is 0 Å². The fraction of sp³-hybridized carbons (Fsp3) is 0.250. The lowest BCUT2D eigenvalue weighted by atomic mass is 10.2. The number of ether oxygens (including phenoxy) is 1. The van der Waals surface area contributed by atoms with E-state index in [-0.39, 0.29) is 0 Å². The van der Waals surface area contributed by atoms with Gasteiger partial charge in [-0.05, 0) is 24.6 Å². The zero-order valence-electron chi connectivity index (χ0n) is 8.94. The molecule has 0 heterocycles. The largest absolute Gasteiger partial charge is 0.493 e. The minimum Gasteiger partial charge on any atom is -0.493 e. The standard InChI is InChI=1S/C12H13FO3/c1-2-7-16-11-8-10(13)5-3-9(11)4-6-12(14)15/h3-6,8H,2,7H2,1H3,(H,14,15)/b6-4+. The van der Waals surface area contributed by atoms with Gasteiger partial charge in [0.15, 0.2) is 0 Å². The second-order valence-electron chi connectivity index (χ2n) is 3.20. The first-order valence-corrected chi connectivity index (χ1v) is 4.97. The van der Waals surface area contributed by atoms with Gasteiger partial charge in [-0.25, -0.2) is 9.18 Å². The van der Waals surface area contributed by atoms with Crippen molar-refractivity contribution >= 4 is 12.0 Å². The van der Waals surface area contributed by atoms with Gasteiger partial charge in [0.05, 0.1) is 6.61 Å². The Kier molecular flexibility index (Phi) is 4.51. The Hall–Kier alpha value is -1.84. The zero-order chi connectivity index (χ0) is 12.0. The van der Waals surface area contributed by atoms with Crippen LogP contribution in [0.5, 0.6) is 5.75 Å². The second-order valence-corrected chi connectivity index (χ2v) is 3.20. The molecular formula is C12H13FO3. The van der Waals surface area contributed by atoms with Crippen molar-refractivity contribution in [2.45, 2.75) is 13.3 Å². The number of hydrogen-bond donors (Lipinski definition) is 1. The lowest BCUT2D eigenvalue weighted by molar-refractivity contribution is -0.131. The van der Waals surface area contributed by atoms with E-state index in [0.29, 0.717) is 17.9 Å². The van der Waals surface area contributed by atoms with Crippen LogP contribution in [0.2, 0.25) is 0 Å². The third kappa shape index (κ3) is 3.73. The van der Waals surface area contributed by atoms with Crippen LogP contribution in [0.1, 0.15) is 18.9 Å². The molecule has 4 heteroatoms. The Labute approximate surface area is 93.2 Å². The Morgan fingerprint density at radius 1 is 1.56 bits per heavy atom. The molecule has 3 nitrogen and oxygen atoms in total. The molecule has 16 heavy (non-hydrogen) atoms. The van der Waals surface area contributed by atoms with Crippen LogP contribution in [-0.2, 0) is 4.79 Å². The van der Waals surface area contributed by atoms with Gasteiger partial charge >= 0.3 is 5.97 Å². The molecule has 1 aromatic carbocycles. The maximum absolute atomic E-state index is 13.0. The van der Waals surface area contributed by atoms with Crippen LogP contribution in [0.3, 0.4) is 0 Å². The fourth-order valence-electron chi connectivity index (χ4n) is 1.14. The van der Waals surface area contributed by atoms with Crippen LogP contribution in [0.15, 0.2) is 24.3 Å². The molecule has 86 valence electrons. The van der Waals surface area contributed by atoms with Crippen LogP contribution in [-0.4, -0.2) is 17.7 Å². The molecule has 0 atom stereocenters. The number of benzene rings is 1. The summed E-state index contributed by atoms with van der Waals surface area (Å²) in [5.74, 6) is -1.09. The lowest BCUT2D eigenvalue weighted by Gasteiger charge is -2.07. The number of halogens is 1. The summed E-state index contributed by atoms with van der Waals surface area (Å²) in [5.41, 5.74) is 0.553. The third-order valence-corrected chi connectivity index (χ3v) is 1.84. The predicted octanol–water partition coefficient (Wildman–Crippen LogP) is 2.71. The maximum atomic E-state index is 13.0. The molecule has 0 saturated carbocycles. The summed E-state index contributed by atoms with van der Waals surface area (Å²) in [5, 5.41) is 8.49. The van der Waals surface area contributed by atoms with Gasteiger partial charge in [0.25, 0.3) is 0 Å². The summed E-state index contributed by atoms with van der Waals surface area (Å²) >= 11 is 0. The first-order chi connectivity index (χ1) is 7.63. The van der Waals surface area contributed by atoms with E-state index >= 15 is 0 Å². The Morgan fingerprint density at radius 3 is 2.94 bits per heavy atom. The number of hydrogen-bond acceptors (Lipinski definition) is 2. The molecule has 0 fully saturated rings. The van der Waals surface area contributed by atoms with Crippen molar-refractivity contribution in [3.05, 3.63) is 35.7 Å². The van der Waals surface area contributed by atoms with E-state index < -0.39 is 11.8 Å². The van der Waals surface area contributed by atoms with Crippen molar-refractivity contribution in [3.63, 3.8) is 0 Å². The molecule has 0 radical (unpaired) electrons. The van der Waals surface area contributed by atoms with Crippen LogP contribution >= 0.6 is 0 Å². The van der Waals surface area contributed by atoms with Crippen molar-refractivity contribution in [2.24, 2.45) is 0 Å². The molecule has 0 spiro atoms. The van der Waals surface area contributed by atoms with E-state index in [9.17, 15) is 9.18 Å². The monoisotopic (exact) mass is 224 g/mol. The van der Waals surface area contributed by atoms with Crippen LogP contribution in [0, 0.1) is 5.82 Å². The zero-order valence-corrected chi connectivity index (χ0v) is 8.94. The van der Waals surface area contributed by atoms with E-state index in [1.807, 2.05) is 6.92 Å². The first kappa shape index (κ1) is 12.2. The number of carbonyl (C=O) groups is 1. The Bertz CT molecular complexity index is 399. The summed E-state index contributed by atoms with van der Waals surface area (Å²) < 4.78 is 18.3. The van der Waals surface area contributed by atoms with Gasteiger partial charge in [0.2, 0.25) is 0 Å². The minimum atomic E-state index is -1.05. The normalized spacial score (nSPS) is 10.6. The number of carboxylic acids is 1. The van der Waals surface area contributed by atoms with Gasteiger partial charge in [-0.1, -0.05) is 6.92 Å². The molecular weight excluding hydrogens is 211 g/mol. The van der Waals surface area contributed by atoms with Gasteiger partial charge < -0.3 is 9.84 Å². The molecule has 0 bridgehead atoms. The third-order valence-electron chi connectivity index (χ3n) is 1.84. The van der Waals surface area contributed by atoms with Crippen molar-refractivity contribution in [1.29, 1.82) is 0 Å². The molecule has 1 rings (SSSR count). The summed E-state index contributed by atoms with van der Waals surface area (Å²) in [6.45, 7) is 2.41. The topological polar surface area (TPSA) is 46.5 Å². The van der Waals surface area contributed by atoms with E-state index in [1.54, 1.807) is 0 Å². The molecule has 0 unspecified atom stereocenters. The van der Waals surface area contributed by atoms with E-state index in [4.69, 9.17) is 9.84 Å². The highest BCUT2D eigenvalue weighted by molar-refractivity contribution is 5.85. The van der Waals surface area contributed by atoms with E-state index in [1.165, 1.54) is 24.3 Å². The average Bonchev–Trinajstić information content (AvgIpc) is 2.24. The highest BCUT2D eigenvalue weighted by Crippen LogP contribution is 2.21. The smallest absolute Gasteiger partial charge is 0.328 e. The maximum Gasteiger partial charge on any atom is 0.328 e. The first-order valence-electron chi connectivity index (χ1n) is 4.97. The highest BCUT2D eigenvalue weighted by atomic mass is 19.1. The minimum absolute atomic E-state index is 0.361. The van der Waals surface area contributed by atoms with Crippen molar-refractivity contribution in [2.75, 3.05) is 6.61 Å². The van der Waals surface area contributed by atoms with Crippen LogP contribution in [0.4, 0.5) is 4.39 Å². The fourth-order valence-corrected chi connectivity index (χ4v) is 1.14. The molecule has 0 aromatic heterocycles. The van der Waals surface area contributed by atoms with Gasteiger partial charge in [0.1, 0.15) is 11.6 Å². The Morgan fingerprint density at radius 2 is 2.31 bits per heavy atom. The van der Waals surface area contributed by atoms with E-state index in [0.717, 1.165) is 12.5 Å². The lowest BCUT2D eigenvalue weighted by Crippen LogP contribution is -1.97. The number of rotatable bonds is 5. The quantitative estimate of drug-likeness (QED) is 0.782. The van der Waals surface area contributed by atoms with Crippen molar-refractivity contribution < 1.29 is 19.0 Å². The summed E-state index contributed by atoms with van der Waals surface area (Å²) in [4.78, 5) is 10.4. The molecule has 0 aliphatic carbocycles. The second kappa shape index (κ2) is 5.90. The summed E-state index contributed by atoms with van der Waals surface area (Å²) in [6, 6.07) is 4.00. The summed E-state index contributed by atoms with van der Waals surface area (Å²) in [7, 11) is 0. The molecule has 0 aliphatic rings.